The lowest BCUT2D eigenvalue weighted by Gasteiger charge is -2.21. The van der Waals surface area contributed by atoms with Crippen molar-refractivity contribution in [2.75, 3.05) is 10.2 Å². The Morgan fingerprint density at radius 3 is 2.70 bits per heavy atom. The van der Waals surface area contributed by atoms with Gasteiger partial charge in [0.1, 0.15) is 0 Å². The van der Waals surface area contributed by atoms with Gasteiger partial charge in [0.05, 0.1) is 0 Å². The molecule has 1 unspecified atom stereocenters. The highest BCUT2D eigenvalue weighted by Crippen LogP contribution is 2.27. The van der Waals surface area contributed by atoms with E-state index >= 15 is 0 Å². The number of benzene rings is 2. The Labute approximate surface area is 158 Å². The number of anilines is 2. The number of H-pyrrole nitrogens is 1. The molecule has 5 nitrogen and oxygen atoms in total. The lowest BCUT2D eigenvalue weighted by atomic mass is 10.1. The third-order valence-electron chi connectivity index (χ3n) is 5.21. The first kappa shape index (κ1) is 17.3. The number of carbonyl (C=O) groups excluding carboxylic acids is 2. The van der Waals surface area contributed by atoms with Crippen molar-refractivity contribution >= 4 is 34.1 Å². The van der Waals surface area contributed by atoms with Crippen molar-refractivity contribution in [3.8, 4) is 0 Å². The highest BCUT2D eigenvalue weighted by molar-refractivity contribution is 5.97. The zero-order chi connectivity index (χ0) is 18.8. The maximum atomic E-state index is 12.3. The van der Waals surface area contributed by atoms with Crippen LogP contribution in [0.5, 0.6) is 0 Å². The van der Waals surface area contributed by atoms with Crippen LogP contribution in [-0.4, -0.2) is 22.8 Å². The van der Waals surface area contributed by atoms with Gasteiger partial charge in [0.15, 0.2) is 0 Å². The van der Waals surface area contributed by atoms with E-state index in [2.05, 4.69) is 23.3 Å². The van der Waals surface area contributed by atoms with E-state index in [4.69, 9.17) is 0 Å². The molecule has 2 heterocycles. The zero-order valence-electron chi connectivity index (χ0n) is 15.4. The highest BCUT2D eigenvalue weighted by Gasteiger charge is 2.28. The predicted molar refractivity (Wildman–Crippen MR) is 108 cm³/mol. The number of aryl methyl sites for hydroxylation is 1. The van der Waals surface area contributed by atoms with Gasteiger partial charge in [0, 0.05) is 47.4 Å². The number of hydrogen-bond acceptors (Lipinski definition) is 2. The van der Waals surface area contributed by atoms with Crippen molar-refractivity contribution in [2.24, 2.45) is 0 Å². The monoisotopic (exact) mass is 361 g/mol. The molecule has 5 heteroatoms. The molecule has 1 aliphatic heterocycles. The number of carbonyl (C=O) groups is 2. The first-order valence-corrected chi connectivity index (χ1v) is 9.39. The van der Waals surface area contributed by atoms with Crippen LogP contribution in [0.3, 0.4) is 0 Å². The molecule has 0 spiro atoms. The van der Waals surface area contributed by atoms with Crippen LogP contribution in [0.1, 0.15) is 31.7 Å². The number of rotatable bonds is 5. The molecular weight excluding hydrogens is 338 g/mol. The third-order valence-corrected chi connectivity index (χ3v) is 5.21. The van der Waals surface area contributed by atoms with E-state index in [-0.39, 0.29) is 17.9 Å². The summed E-state index contributed by atoms with van der Waals surface area (Å²) in [6.45, 7) is 2.06. The molecular formula is C22H23N3O2. The van der Waals surface area contributed by atoms with Gasteiger partial charge >= 0.3 is 0 Å². The number of hydrogen-bond donors (Lipinski definition) is 2. The maximum absolute atomic E-state index is 12.3. The highest BCUT2D eigenvalue weighted by atomic mass is 16.2. The van der Waals surface area contributed by atoms with E-state index in [1.807, 2.05) is 53.6 Å². The van der Waals surface area contributed by atoms with E-state index in [9.17, 15) is 9.59 Å². The predicted octanol–water partition coefficient (Wildman–Crippen LogP) is 4.25. The first-order chi connectivity index (χ1) is 13.1. The molecule has 0 radical (unpaired) electrons. The van der Waals surface area contributed by atoms with Crippen molar-refractivity contribution in [3.63, 3.8) is 0 Å². The van der Waals surface area contributed by atoms with Gasteiger partial charge in [-0.15, -0.1) is 0 Å². The number of para-hydroxylation sites is 1. The summed E-state index contributed by atoms with van der Waals surface area (Å²) in [7, 11) is 0. The van der Waals surface area contributed by atoms with E-state index in [0.717, 1.165) is 28.9 Å². The summed E-state index contributed by atoms with van der Waals surface area (Å²) in [6, 6.07) is 15.8. The average molecular weight is 361 g/mol. The quantitative estimate of drug-likeness (QED) is 0.713. The smallest absolute Gasteiger partial charge is 0.227 e. The fourth-order valence-electron chi connectivity index (χ4n) is 3.74. The van der Waals surface area contributed by atoms with Crippen LogP contribution in [0.15, 0.2) is 54.7 Å². The van der Waals surface area contributed by atoms with E-state index < -0.39 is 0 Å². The summed E-state index contributed by atoms with van der Waals surface area (Å²) in [5, 5.41) is 4.11. The Balaban J connectivity index is 1.36. The number of nitrogens with zero attached hydrogens (tertiary/aromatic N) is 1. The largest absolute Gasteiger partial charge is 0.361 e. The van der Waals surface area contributed by atoms with Crippen molar-refractivity contribution in [1.29, 1.82) is 0 Å². The minimum Gasteiger partial charge on any atom is -0.361 e. The van der Waals surface area contributed by atoms with Gasteiger partial charge in [-0.25, -0.2) is 0 Å². The van der Waals surface area contributed by atoms with E-state index in [0.29, 0.717) is 19.3 Å². The van der Waals surface area contributed by atoms with Gasteiger partial charge in [-0.2, -0.15) is 0 Å². The molecule has 0 aliphatic carbocycles. The molecule has 1 aliphatic rings. The Morgan fingerprint density at radius 2 is 1.96 bits per heavy atom. The van der Waals surface area contributed by atoms with Crippen molar-refractivity contribution in [2.45, 2.75) is 38.6 Å². The van der Waals surface area contributed by atoms with Crippen LogP contribution in [0, 0.1) is 0 Å². The molecule has 2 aromatic carbocycles. The summed E-state index contributed by atoms with van der Waals surface area (Å²) in [6.07, 6.45) is 4.58. The van der Waals surface area contributed by atoms with Gasteiger partial charge in [0.25, 0.3) is 0 Å². The summed E-state index contributed by atoms with van der Waals surface area (Å²) < 4.78 is 0. The minimum absolute atomic E-state index is 0.0151. The topological polar surface area (TPSA) is 65.2 Å². The van der Waals surface area contributed by atoms with Gasteiger partial charge in [-0.1, -0.05) is 18.2 Å². The Morgan fingerprint density at radius 1 is 1.19 bits per heavy atom. The number of nitrogens with one attached hydrogen (secondary N) is 2. The Bertz CT molecular complexity index is 975. The minimum atomic E-state index is -0.0151. The van der Waals surface area contributed by atoms with Crippen LogP contribution >= 0.6 is 0 Å². The van der Waals surface area contributed by atoms with Crippen molar-refractivity contribution < 1.29 is 9.59 Å². The summed E-state index contributed by atoms with van der Waals surface area (Å²) in [4.78, 5) is 29.4. The summed E-state index contributed by atoms with van der Waals surface area (Å²) in [5.74, 6) is 0.150. The van der Waals surface area contributed by atoms with Crippen LogP contribution in [0.4, 0.5) is 11.4 Å². The SMILES string of the molecule is CC1CCC(=O)N1c1ccc(NC(=O)CCc2c[nH]c3ccccc23)cc1. The van der Waals surface area contributed by atoms with Crippen LogP contribution in [0.2, 0.25) is 0 Å². The molecule has 1 fully saturated rings. The number of amides is 2. The maximum Gasteiger partial charge on any atom is 0.227 e. The molecule has 3 aromatic rings. The number of aromatic nitrogens is 1. The van der Waals surface area contributed by atoms with Crippen LogP contribution < -0.4 is 10.2 Å². The van der Waals surface area contributed by atoms with E-state index in [1.54, 1.807) is 0 Å². The second-order valence-corrected chi connectivity index (χ2v) is 7.11. The van der Waals surface area contributed by atoms with Gasteiger partial charge in [-0.3, -0.25) is 9.59 Å². The van der Waals surface area contributed by atoms with Crippen LogP contribution in [0.25, 0.3) is 10.9 Å². The zero-order valence-corrected chi connectivity index (χ0v) is 15.4. The standard InChI is InChI=1S/C22H23N3O2/c1-15-6-13-22(27)25(15)18-10-8-17(9-11-18)24-21(26)12-7-16-14-23-20-5-3-2-4-19(16)20/h2-5,8-11,14-15,23H,6-7,12-13H2,1H3,(H,24,26). The first-order valence-electron chi connectivity index (χ1n) is 9.39. The molecule has 2 amide bonds. The lowest BCUT2D eigenvalue weighted by molar-refractivity contribution is -0.117. The normalized spacial score (nSPS) is 16.9. The van der Waals surface area contributed by atoms with Crippen molar-refractivity contribution in [1.82, 2.24) is 4.98 Å². The Hall–Kier alpha value is -3.08. The fraction of sp³-hybridized carbons (Fsp3) is 0.273. The number of aromatic amines is 1. The van der Waals surface area contributed by atoms with Crippen molar-refractivity contribution in [3.05, 3.63) is 60.3 Å². The molecule has 27 heavy (non-hydrogen) atoms. The molecule has 1 saturated heterocycles. The molecule has 2 N–H and O–H groups in total. The van der Waals surface area contributed by atoms with Gasteiger partial charge in [0.2, 0.25) is 11.8 Å². The lowest BCUT2D eigenvalue weighted by Crippen LogP contribution is -2.30. The molecule has 0 saturated carbocycles. The van der Waals surface area contributed by atoms with Gasteiger partial charge in [-0.05, 0) is 55.7 Å². The second-order valence-electron chi connectivity index (χ2n) is 7.11. The molecule has 1 aromatic heterocycles. The summed E-state index contributed by atoms with van der Waals surface area (Å²) in [5.41, 5.74) is 3.88. The summed E-state index contributed by atoms with van der Waals surface area (Å²) >= 11 is 0. The van der Waals surface area contributed by atoms with E-state index in [1.165, 1.54) is 5.39 Å². The second kappa shape index (κ2) is 7.27. The molecule has 0 bridgehead atoms. The fourth-order valence-corrected chi connectivity index (χ4v) is 3.74. The Kier molecular flexibility index (Phi) is 4.67. The third kappa shape index (κ3) is 3.58. The number of fused-ring (bicyclic) bond motifs is 1. The molecule has 1 atom stereocenters. The van der Waals surface area contributed by atoms with Gasteiger partial charge < -0.3 is 15.2 Å². The van der Waals surface area contributed by atoms with Crippen LogP contribution in [-0.2, 0) is 16.0 Å². The average Bonchev–Trinajstić information content (AvgIpc) is 3.24. The molecule has 138 valence electrons. The molecule has 4 rings (SSSR count).